The second-order valence-corrected chi connectivity index (χ2v) is 20.6. The molecule has 3 N–H and O–H groups in total. The van der Waals surface area contributed by atoms with Gasteiger partial charge in [0.1, 0.15) is 54.3 Å². The quantitative estimate of drug-likeness (QED) is 0.0934. The normalized spacial score (nSPS) is 11.3. The highest BCUT2D eigenvalue weighted by molar-refractivity contribution is 14.1. The first-order valence-corrected chi connectivity index (χ1v) is 23.2. The van der Waals surface area contributed by atoms with Gasteiger partial charge in [-0.3, -0.25) is 0 Å². The molecular formula is C39H25I6O6S+. The van der Waals surface area contributed by atoms with Crippen molar-refractivity contribution >= 4 is 166 Å². The van der Waals surface area contributed by atoms with Crippen LogP contribution in [0.4, 0.5) is 0 Å². The first kappa shape index (κ1) is 39.0. The van der Waals surface area contributed by atoms with Crippen molar-refractivity contribution in [2.45, 2.75) is 19.8 Å². The molecule has 1 heterocycles. The lowest BCUT2D eigenvalue weighted by atomic mass is 10.1. The minimum absolute atomic E-state index is 0.268. The number of aromatic hydroxyl groups is 3. The zero-order chi connectivity index (χ0) is 36.7. The van der Waals surface area contributed by atoms with Gasteiger partial charge in [-0.25, -0.2) is 0 Å². The van der Waals surface area contributed by atoms with Crippen LogP contribution in [0, 0.1) is 21.4 Å². The van der Waals surface area contributed by atoms with Crippen LogP contribution in [-0.2, 0) is 19.8 Å². The maximum atomic E-state index is 10.1. The van der Waals surface area contributed by atoms with E-state index in [1.54, 1.807) is 18.2 Å². The number of ether oxygens (including phenoxy) is 3. The molecule has 0 amide bonds. The van der Waals surface area contributed by atoms with E-state index in [1.165, 1.54) is 14.3 Å². The SMILES string of the molecule is Oc1cc(I)c(COc2ccc(-[s+]3c4ccc(OCc5cc(I)c(O)cc5I)cc4c4cc(OCc5cc(I)c(O)cc5I)ccc43)cc2)cc1I. The molecule has 1 aromatic heterocycles. The monoisotopic (exact) mass is 1380 g/mol. The Kier molecular flexibility index (Phi) is 12.6. The Labute approximate surface area is 384 Å². The zero-order valence-electron chi connectivity index (χ0n) is 26.6. The molecule has 0 radical (unpaired) electrons. The van der Waals surface area contributed by atoms with E-state index in [2.05, 4.69) is 172 Å². The Morgan fingerprint density at radius 2 is 0.750 bits per heavy atom. The highest BCUT2D eigenvalue weighted by Gasteiger charge is 2.25. The number of phenols is 3. The fourth-order valence-corrected chi connectivity index (χ4v) is 11.3. The Bertz CT molecular complexity index is 2370. The molecule has 0 spiro atoms. The van der Waals surface area contributed by atoms with Crippen LogP contribution in [-0.4, -0.2) is 15.3 Å². The van der Waals surface area contributed by atoms with E-state index < -0.39 is 0 Å². The Morgan fingerprint density at radius 1 is 0.404 bits per heavy atom. The molecule has 52 heavy (non-hydrogen) atoms. The van der Waals surface area contributed by atoms with Gasteiger partial charge in [0.25, 0.3) is 0 Å². The lowest BCUT2D eigenvalue weighted by Crippen LogP contribution is -1.99. The summed E-state index contributed by atoms with van der Waals surface area (Å²) >= 11 is 13.1. The van der Waals surface area contributed by atoms with Gasteiger partial charge in [-0.2, -0.15) is 0 Å². The van der Waals surface area contributed by atoms with Crippen LogP contribution in [0.15, 0.2) is 97.1 Å². The second kappa shape index (κ2) is 16.8. The molecular weight excluding hydrogens is 1360 g/mol. The van der Waals surface area contributed by atoms with Crippen LogP contribution in [0.1, 0.15) is 16.7 Å². The van der Waals surface area contributed by atoms with Gasteiger partial charge in [0.15, 0.2) is 14.3 Å². The Morgan fingerprint density at radius 3 is 1.13 bits per heavy atom. The Hall–Kier alpha value is -1.28. The molecule has 0 atom stereocenters. The predicted octanol–water partition coefficient (Wildman–Crippen LogP) is 13.2. The maximum absolute atomic E-state index is 10.1. The molecule has 0 unspecified atom stereocenters. The van der Waals surface area contributed by atoms with E-state index in [0.29, 0.717) is 19.8 Å². The van der Waals surface area contributed by atoms with Crippen LogP contribution < -0.4 is 14.2 Å². The molecule has 6 aromatic carbocycles. The predicted molar refractivity (Wildman–Crippen MR) is 259 cm³/mol. The summed E-state index contributed by atoms with van der Waals surface area (Å²) in [5, 5.41) is 32.5. The van der Waals surface area contributed by atoms with E-state index >= 15 is 0 Å². The fraction of sp³-hybridized carbons (Fsp3) is 0.0769. The van der Waals surface area contributed by atoms with Gasteiger partial charge in [0.05, 0.1) is 21.5 Å². The summed E-state index contributed by atoms with van der Waals surface area (Å²) in [5.74, 6) is 3.10. The molecule has 7 rings (SSSR count). The van der Waals surface area contributed by atoms with Crippen molar-refractivity contribution < 1.29 is 29.5 Å². The minimum atomic E-state index is -0.370. The van der Waals surface area contributed by atoms with Crippen LogP contribution in [0.5, 0.6) is 34.5 Å². The summed E-state index contributed by atoms with van der Waals surface area (Å²) in [6.07, 6.45) is 0. The fourth-order valence-electron chi connectivity index (χ4n) is 5.57. The van der Waals surface area contributed by atoms with Gasteiger partial charge in [-0.1, -0.05) is 0 Å². The average molecular weight is 1380 g/mol. The lowest BCUT2D eigenvalue weighted by Gasteiger charge is -2.10. The van der Waals surface area contributed by atoms with Crippen LogP contribution in [0.2, 0.25) is 0 Å². The van der Waals surface area contributed by atoms with Gasteiger partial charge < -0.3 is 29.5 Å². The first-order valence-electron chi connectivity index (χ1n) is 15.5. The molecule has 0 fully saturated rings. The van der Waals surface area contributed by atoms with Crippen molar-refractivity contribution in [3.8, 4) is 39.4 Å². The Balaban J connectivity index is 1.22. The number of halogens is 6. The van der Waals surface area contributed by atoms with Gasteiger partial charge in [0, 0.05) is 62.1 Å². The smallest absolute Gasteiger partial charge is 0.188 e. The summed E-state index contributed by atoms with van der Waals surface area (Å²) in [5.41, 5.74) is 3.04. The highest BCUT2D eigenvalue weighted by Crippen LogP contribution is 2.50. The van der Waals surface area contributed by atoms with Gasteiger partial charge in [-0.05, 0) is 208 Å². The average Bonchev–Trinajstić information content (AvgIpc) is 3.44. The van der Waals surface area contributed by atoms with Crippen molar-refractivity contribution in [1.29, 1.82) is 0 Å². The number of fused-ring (bicyclic) bond motifs is 3. The van der Waals surface area contributed by atoms with Crippen molar-refractivity contribution in [3.63, 3.8) is 0 Å². The van der Waals surface area contributed by atoms with Crippen LogP contribution in [0.25, 0.3) is 25.1 Å². The summed E-state index contributed by atoms with van der Waals surface area (Å²) < 4.78 is 26.5. The molecule has 0 saturated carbocycles. The topological polar surface area (TPSA) is 88.4 Å². The molecule has 0 aliphatic rings. The van der Waals surface area contributed by atoms with E-state index in [9.17, 15) is 15.3 Å². The largest absolute Gasteiger partial charge is 0.507 e. The molecule has 0 saturated heterocycles. The van der Waals surface area contributed by atoms with E-state index in [4.69, 9.17) is 14.2 Å². The standard InChI is InChI=1S/C39H24I6O6S/c40-29-14-35(46)32(43)9-20(29)17-49-23-1-5-26(6-2-23)52-38-7-3-24(50-18-21-10-33(44)36(47)15-30(21)41)12-27(38)28-13-25(4-8-39(28)52)51-19-22-11-34(45)37(48)16-31(22)42/h1-16H,17-19H2,(H2-,46,47,48)/p+1. The van der Waals surface area contributed by atoms with E-state index in [-0.39, 0.29) is 27.7 Å². The third-order valence-electron chi connectivity index (χ3n) is 8.22. The number of benzene rings is 6. The molecule has 6 nitrogen and oxygen atoms in total. The van der Waals surface area contributed by atoms with Crippen molar-refractivity contribution in [1.82, 2.24) is 0 Å². The second-order valence-electron chi connectivity index (χ2n) is 11.6. The van der Waals surface area contributed by atoms with E-state index in [0.717, 1.165) is 66.1 Å². The van der Waals surface area contributed by atoms with E-state index in [1.807, 2.05) is 42.5 Å². The van der Waals surface area contributed by atoms with Crippen molar-refractivity contribution in [2.24, 2.45) is 0 Å². The van der Waals surface area contributed by atoms with Gasteiger partial charge in [0.2, 0.25) is 0 Å². The van der Waals surface area contributed by atoms with Crippen molar-refractivity contribution in [3.05, 3.63) is 135 Å². The molecule has 13 heteroatoms. The minimum Gasteiger partial charge on any atom is -0.507 e. The molecule has 7 aromatic rings. The molecule has 264 valence electrons. The molecule has 0 bridgehead atoms. The third kappa shape index (κ3) is 8.58. The van der Waals surface area contributed by atoms with Crippen LogP contribution in [0.3, 0.4) is 0 Å². The number of hydrogen-bond acceptors (Lipinski definition) is 6. The third-order valence-corrected chi connectivity index (χ3v) is 16.2. The number of hydrogen-bond donors (Lipinski definition) is 3. The zero-order valence-corrected chi connectivity index (χ0v) is 40.4. The summed E-state index contributed by atoms with van der Waals surface area (Å²) in [4.78, 5) is 1.17. The number of thiophene rings is 1. The number of rotatable bonds is 10. The van der Waals surface area contributed by atoms with Crippen molar-refractivity contribution in [2.75, 3.05) is 0 Å². The van der Waals surface area contributed by atoms with Gasteiger partial charge >= 0.3 is 0 Å². The lowest BCUT2D eigenvalue weighted by molar-refractivity contribution is 0.305. The molecule has 0 aliphatic carbocycles. The number of phenolic OH excluding ortho intramolecular Hbond substituents is 3. The summed E-state index contributed by atoms with van der Waals surface area (Å²) in [6, 6.07) is 32.1. The summed E-state index contributed by atoms with van der Waals surface area (Å²) in [6.45, 7) is 1.16. The maximum Gasteiger partial charge on any atom is 0.188 e. The van der Waals surface area contributed by atoms with Gasteiger partial charge in [-0.15, -0.1) is 0 Å². The first-order chi connectivity index (χ1) is 24.9. The summed E-state index contributed by atoms with van der Waals surface area (Å²) in [7, 11) is -0.370. The molecule has 0 aliphatic heterocycles. The highest BCUT2D eigenvalue weighted by atomic mass is 127. The van der Waals surface area contributed by atoms with Crippen LogP contribution >= 0.6 is 146 Å².